The number of carbonyl (C=O) groups is 1. The van der Waals surface area contributed by atoms with Crippen molar-refractivity contribution in [2.45, 2.75) is 24.4 Å². The average Bonchev–Trinajstić information content (AvgIpc) is 2.72. The lowest BCUT2D eigenvalue weighted by molar-refractivity contribution is 0.0928. The maximum Gasteiger partial charge on any atom is 0.248 e. The minimum atomic E-state index is -0.939. The highest BCUT2D eigenvalue weighted by Crippen LogP contribution is 2.46. The summed E-state index contributed by atoms with van der Waals surface area (Å²) in [5, 5.41) is 3.43. The Bertz CT molecular complexity index is 1060. The van der Waals surface area contributed by atoms with Gasteiger partial charge >= 0.3 is 0 Å². The summed E-state index contributed by atoms with van der Waals surface area (Å²) in [6.07, 6.45) is 3.91. The molecule has 0 unspecified atom stereocenters. The van der Waals surface area contributed by atoms with Gasteiger partial charge in [-0.05, 0) is 43.2 Å². The summed E-state index contributed by atoms with van der Waals surface area (Å²) < 4.78 is 27.9. The fourth-order valence-corrected chi connectivity index (χ4v) is 3.88. The number of nitrogens with two attached hydrogens (primary N) is 2. The van der Waals surface area contributed by atoms with Crippen molar-refractivity contribution < 1.29 is 13.6 Å². The van der Waals surface area contributed by atoms with E-state index in [0.717, 1.165) is 6.07 Å². The Morgan fingerprint density at radius 3 is 2.74 bits per heavy atom. The van der Waals surface area contributed by atoms with Crippen molar-refractivity contribution in [3.63, 3.8) is 0 Å². The van der Waals surface area contributed by atoms with E-state index in [1.807, 2.05) is 0 Å². The summed E-state index contributed by atoms with van der Waals surface area (Å²) in [5.41, 5.74) is 11.8. The molecule has 9 heteroatoms. The molecule has 0 atom stereocenters. The number of amides is 1. The maximum absolute atomic E-state index is 14.2. The van der Waals surface area contributed by atoms with Gasteiger partial charge in [0.15, 0.2) is 5.96 Å². The lowest BCUT2D eigenvalue weighted by atomic mass is 9.65. The predicted molar refractivity (Wildman–Crippen MR) is 118 cm³/mol. The van der Waals surface area contributed by atoms with Gasteiger partial charge in [-0.2, -0.15) is 0 Å². The van der Waals surface area contributed by atoms with Crippen molar-refractivity contribution >= 4 is 29.0 Å². The first-order valence-corrected chi connectivity index (χ1v) is 9.88. The van der Waals surface area contributed by atoms with Crippen molar-refractivity contribution in [3.8, 4) is 0 Å². The normalized spacial score (nSPS) is 21.3. The summed E-state index contributed by atoms with van der Waals surface area (Å²) in [7, 11) is 0. The van der Waals surface area contributed by atoms with Crippen LogP contribution in [0.25, 0.3) is 5.57 Å². The SMILES string of the molecule is C=C/C(=C\N=C(/N)NC[C@]1(c2ncccc2Cl)C[C@H](F)C1)c1cc(C(N)=O)ccc1F. The van der Waals surface area contributed by atoms with Crippen LogP contribution in [-0.2, 0) is 5.41 Å². The van der Waals surface area contributed by atoms with Gasteiger partial charge in [0.1, 0.15) is 12.0 Å². The number of halogens is 3. The number of primary amides is 1. The molecule has 1 aromatic carbocycles. The van der Waals surface area contributed by atoms with E-state index in [1.165, 1.54) is 24.4 Å². The predicted octanol–water partition coefficient (Wildman–Crippen LogP) is 3.47. The zero-order valence-corrected chi connectivity index (χ0v) is 17.4. The van der Waals surface area contributed by atoms with E-state index in [-0.39, 0.29) is 36.5 Å². The monoisotopic (exact) mass is 445 g/mol. The highest BCUT2D eigenvalue weighted by Gasteiger charge is 2.48. The topological polar surface area (TPSA) is 106 Å². The number of guanidine groups is 1. The minimum absolute atomic E-state index is 0.0413. The Hall–Kier alpha value is -3.26. The summed E-state index contributed by atoms with van der Waals surface area (Å²) in [4.78, 5) is 19.8. The Morgan fingerprint density at radius 2 is 2.13 bits per heavy atom. The van der Waals surface area contributed by atoms with E-state index in [1.54, 1.807) is 18.3 Å². The second-order valence-electron chi connectivity index (χ2n) is 7.34. The highest BCUT2D eigenvalue weighted by atomic mass is 35.5. The van der Waals surface area contributed by atoms with Crippen LogP contribution in [0.5, 0.6) is 0 Å². The molecule has 2 aromatic rings. The third-order valence-corrected chi connectivity index (χ3v) is 5.52. The average molecular weight is 446 g/mol. The van der Waals surface area contributed by atoms with E-state index in [4.69, 9.17) is 23.1 Å². The van der Waals surface area contributed by atoms with E-state index in [2.05, 4.69) is 21.9 Å². The standard InChI is InChI=1S/C22H22ClF2N5O/c1-2-13(16-8-14(20(26)31)5-6-18(16)25)11-29-21(27)30-12-22(9-15(24)10-22)19-17(23)4-3-7-28-19/h2-8,11,15H,1,9-10,12H2,(H2,26,31)(H3,27,29,30)/b13-11+/t15-,22-. The number of carbonyl (C=O) groups excluding carboxylic acids is 1. The first-order valence-electron chi connectivity index (χ1n) is 9.50. The maximum atomic E-state index is 14.2. The number of pyridine rings is 1. The summed E-state index contributed by atoms with van der Waals surface area (Å²) in [6.45, 7) is 3.93. The van der Waals surface area contributed by atoms with Gasteiger partial charge in [-0.1, -0.05) is 24.3 Å². The quantitative estimate of drug-likeness (QED) is 0.344. The zero-order chi connectivity index (χ0) is 22.6. The molecule has 31 heavy (non-hydrogen) atoms. The molecule has 0 saturated heterocycles. The van der Waals surface area contributed by atoms with Crippen LogP contribution in [0.15, 0.2) is 60.4 Å². The molecule has 0 radical (unpaired) electrons. The van der Waals surface area contributed by atoms with Gasteiger partial charge in [0, 0.05) is 41.1 Å². The number of alkyl halides is 1. The number of aliphatic imine (C=N–C) groups is 1. The summed E-state index contributed by atoms with van der Waals surface area (Å²) in [5.74, 6) is -1.20. The third kappa shape index (κ3) is 4.91. The molecular formula is C22H22ClF2N5O. The molecule has 3 rings (SSSR count). The molecule has 5 N–H and O–H groups in total. The summed E-state index contributed by atoms with van der Waals surface area (Å²) in [6, 6.07) is 7.17. The largest absolute Gasteiger partial charge is 0.370 e. The van der Waals surface area contributed by atoms with E-state index in [9.17, 15) is 13.6 Å². The van der Waals surface area contributed by atoms with Gasteiger partial charge in [-0.25, -0.2) is 13.8 Å². The number of hydrogen-bond acceptors (Lipinski definition) is 3. The molecular weight excluding hydrogens is 424 g/mol. The molecule has 0 aliphatic heterocycles. The van der Waals surface area contributed by atoms with Gasteiger partial charge in [0.2, 0.25) is 5.91 Å². The molecule has 1 aliphatic rings. The van der Waals surface area contributed by atoms with Crippen molar-refractivity contribution in [1.82, 2.24) is 10.3 Å². The Morgan fingerprint density at radius 1 is 1.39 bits per heavy atom. The van der Waals surface area contributed by atoms with Gasteiger partial charge in [-0.15, -0.1) is 0 Å². The van der Waals surface area contributed by atoms with Crippen LogP contribution in [0.4, 0.5) is 8.78 Å². The molecule has 1 saturated carbocycles. The van der Waals surface area contributed by atoms with Crippen LogP contribution >= 0.6 is 11.6 Å². The Kier molecular flexibility index (Phi) is 6.70. The molecule has 1 aromatic heterocycles. The smallest absolute Gasteiger partial charge is 0.248 e. The molecule has 162 valence electrons. The van der Waals surface area contributed by atoms with Crippen molar-refractivity contribution in [2.75, 3.05) is 6.54 Å². The molecule has 6 nitrogen and oxygen atoms in total. The van der Waals surface area contributed by atoms with Crippen LogP contribution in [0.3, 0.4) is 0 Å². The van der Waals surface area contributed by atoms with Gasteiger partial charge in [-0.3, -0.25) is 9.78 Å². The first-order chi connectivity index (χ1) is 14.8. The van der Waals surface area contributed by atoms with Crippen LogP contribution < -0.4 is 16.8 Å². The lowest BCUT2D eigenvalue weighted by Gasteiger charge is -2.44. The fraction of sp³-hybridized carbons (Fsp3) is 0.227. The highest BCUT2D eigenvalue weighted by molar-refractivity contribution is 6.31. The van der Waals surface area contributed by atoms with Gasteiger partial charge in [0.25, 0.3) is 0 Å². The number of rotatable bonds is 7. The zero-order valence-electron chi connectivity index (χ0n) is 16.6. The van der Waals surface area contributed by atoms with Crippen LogP contribution in [0.2, 0.25) is 5.02 Å². The number of nitrogens with zero attached hydrogens (tertiary/aromatic N) is 2. The van der Waals surface area contributed by atoms with E-state index in [0.29, 0.717) is 16.3 Å². The molecule has 1 aliphatic carbocycles. The van der Waals surface area contributed by atoms with Crippen LogP contribution in [0, 0.1) is 5.82 Å². The van der Waals surface area contributed by atoms with Crippen LogP contribution in [-0.4, -0.2) is 29.6 Å². The fourth-order valence-electron chi connectivity index (χ4n) is 3.56. The molecule has 1 fully saturated rings. The van der Waals surface area contributed by atoms with Crippen molar-refractivity contribution in [2.24, 2.45) is 16.5 Å². The minimum Gasteiger partial charge on any atom is -0.370 e. The molecule has 1 heterocycles. The van der Waals surface area contributed by atoms with Crippen molar-refractivity contribution in [1.29, 1.82) is 0 Å². The van der Waals surface area contributed by atoms with Gasteiger partial charge < -0.3 is 16.8 Å². The van der Waals surface area contributed by atoms with E-state index < -0.39 is 23.3 Å². The lowest BCUT2D eigenvalue weighted by Crippen LogP contribution is -2.52. The second kappa shape index (κ2) is 9.26. The summed E-state index contributed by atoms with van der Waals surface area (Å²) >= 11 is 6.26. The van der Waals surface area contributed by atoms with Crippen LogP contribution in [0.1, 0.15) is 34.5 Å². The Balaban J connectivity index is 1.79. The number of benzene rings is 1. The van der Waals surface area contributed by atoms with Gasteiger partial charge in [0.05, 0.1) is 10.7 Å². The molecule has 0 bridgehead atoms. The number of nitrogens with one attached hydrogen (secondary N) is 1. The molecule has 1 amide bonds. The first kappa shape index (κ1) is 22.4. The van der Waals surface area contributed by atoms with Crippen molar-refractivity contribution in [3.05, 3.63) is 83.0 Å². The third-order valence-electron chi connectivity index (χ3n) is 5.22. The number of hydrogen-bond donors (Lipinski definition) is 3. The molecule has 0 spiro atoms. The van der Waals surface area contributed by atoms with E-state index >= 15 is 0 Å². The Labute approximate surface area is 183 Å². The number of allylic oxidation sites excluding steroid dienone is 2. The second-order valence-corrected chi connectivity index (χ2v) is 7.74. The number of aromatic nitrogens is 1.